The number of benzene rings is 1. The molecule has 0 saturated carbocycles. The predicted molar refractivity (Wildman–Crippen MR) is 165 cm³/mol. The average molecular weight is 610 g/mol. The van der Waals surface area contributed by atoms with Gasteiger partial charge in [0.2, 0.25) is 17.7 Å². The highest BCUT2D eigenvalue weighted by atomic mass is 16.6. The first-order valence-electron chi connectivity index (χ1n) is 15.7. The van der Waals surface area contributed by atoms with Crippen molar-refractivity contribution in [3.8, 4) is 0 Å². The van der Waals surface area contributed by atoms with E-state index in [-0.39, 0.29) is 43.3 Å². The molecule has 1 spiro atoms. The number of fused-ring (bicyclic) bond motifs is 1. The van der Waals surface area contributed by atoms with Gasteiger partial charge in [0.15, 0.2) is 0 Å². The fourth-order valence-corrected chi connectivity index (χ4v) is 7.11. The van der Waals surface area contributed by atoms with Crippen LogP contribution >= 0.6 is 0 Å². The Labute approximate surface area is 260 Å². The van der Waals surface area contributed by atoms with Crippen LogP contribution in [-0.4, -0.2) is 88.2 Å². The lowest BCUT2D eigenvalue weighted by Gasteiger charge is -2.39. The maximum absolute atomic E-state index is 14.6. The van der Waals surface area contributed by atoms with Crippen LogP contribution < -0.4 is 5.32 Å². The Morgan fingerprint density at radius 3 is 2.57 bits per heavy atom. The molecule has 240 valence electrons. The predicted octanol–water partition coefficient (Wildman–Crippen LogP) is 3.00. The zero-order chi connectivity index (χ0) is 32.0. The molecule has 1 aromatic rings. The molecule has 3 amide bonds. The molecular formula is C34H47N3O7. The molecule has 3 aliphatic rings. The van der Waals surface area contributed by atoms with Crippen LogP contribution in [0.25, 0.3) is 0 Å². The van der Waals surface area contributed by atoms with Crippen molar-refractivity contribution >= 4 is 23.7 Å². The van der Waals surface area contributed by atoms with Gasteiger partial charge >= 0.3 is 5.97 Å². The van der Waals surface area contributed by atoms with Gasteiger partial charge in [-0.15, -0.1) is 13.2 Å². The van der Waals surface area contributed by atoms with Gasteiger partial charge in [0.1, 0.15) is 17.7 Å². The van der Waals surface area contributed by atoms with Gasteiger partial charge in [0, 0.05) is 19.5 Å². The Balaban J connectivity index is 1.63. The number of aliphatic hydroxyl groups excluding tert-OH is 1. The Bertz CT molecular complexity index is 1220. The van der Waals surface area contributed by atoms with Crippen molar-refractivity contribution in [2.45, 2.75) is 89.3 Å². The minimum Gasteiger partial charge on any atom is -0.460 e. The van der Waals surface area contributed by atoms with Crippen LogP contribution in [-0.2, 0) is 35.2 Å². The molecular weight excluding hydrogens is 562 g/mol. The summed E-state index contributed by atoms with van der Waals surface area (Å²) in [6.45, 7) is 13.5. The standard InChI is InChI=1S/C34H47N3O7/c1-6-8-14-27(39)35-19-23(5)43-33(42)28-26-15-16-34(44-26)29(28)31(40)37(25(21-38)18-22(3)4)30(34)32(41)36(17-7-2)20-24-12-10-9-11-13-24/h6-7,9-13,22-23,25-26,28-30,38H,1-2,8,14-21H2,3-5H3,(H,35,39)/t23-,25+,26-,28+,29+,30-,34+/m0/s1. The first kappa shape index (κ1) is 33.4. The van der Waals surface area contributed by atoms with E-state index in [1.807, 2.05) is 44.2 Å². The molecule has 3 fully saturated rings. The number of nitrogens with zero attached hydrogens (tertiary/aromatic N) is 2. The van der Waals surface area contributed by atoms with E-state index in [1.165, 1.54) is 4.90 Å². The van der Waals surface area contributed by atoms with Gasteiger partial charge in [-0.1, -0.05) is 56.3 Å². The number of esters is 1. The molecule has 7 atom stereocenters. The lowest BCUT2D eigenvalue weighted by molar-refractivity contribution is -0.160. The fraction of sp³-hybridized carbons (Fsp3) is 0.588. The van der Waals surface area contributed by atoms with Gasteiger partial charge in [-0.2, -0.15) is 0 Å². The van der Waals surface area contributed by atoms with Crippen LogP contribution in [0.5, 0.6) is 0 Å². The number of rotatable bonds is 16. The van der Waals surface area contributed by atoms with Gasteiger partial charge in [0.05, 0.1) is 37.1 Å². The molecule has 0 radical (unpaired) electrons. The number of amides is 3. The monoisotopic (exact) mass is 609 g/mol. The fourth-order valence-electron chi connectivity index (χ4n) is 7.11. The second-order valence-corrected chi connectivity index (χ2v) is 12.6. The molecule has 3 heterocycles. The summed E-state index contributed by atoms with van der Waals surface area (Å²) in [6, 6.07) is 7.95. The molecule has 0 aromatic heterocycles. The van der Waals surface area contributed by atoms with Crippen molar-refractivity contribution in [3.63, 3.8) is 0 Å². The van der Waals surface area contributed by atoms with E-state index in [9.17, 15) is 24.3 Å². The Morgan fingerprint density at radius 1 is 1.20 bits per heavy atom. The molecule has 10 nitrogen and oxygen atoms in total. The molecule has 3 saturated heterocycles. The van der Waals surface area contributed by atoms with Gasteiger partial charge in [-0.3, -0.25) is 19.2 Å². The number of carbonyl (C=O) groups is 4. The number of ether oxygens (including phenoxy) is 2. The third-order valence-corrected chi connectivity index (χ3v) is 8.95. The zero-order valence-corrected chi connectivity index (χ0v) is 26.2. The summed E-state index contributed by atoms with van der Waals surface area (Å²) in [5.41, 5.74) is -0.289. The zero-order valence-electron chi connectivity index (χ0n) is 26.2. The second kappa shape index (κ2) is 14.5. The number of likely N-dealkylation sites (tertiary alicyclic amines) is 1. The number of hydrogen-bond donors (Lipinski definition) is 2. The topological polar surface area (TPSA) is 125 Å². The van der Waals surface area contributed by atoms with E-state index in [0.29, 0.717) is 38.6 Å². The Kier molecular flexibility index (Phi) is 11.0. The third kappa shape index (κ3) is 6.76. The molecule has 4 rings (SSSR count). The van der Waals surface area contributed by atoms with Crippen LogP contribution in [0.2, 0.25) is 0 Å². The van der Waals surface area contributed by atoms with Crippen LogP contribution in [0, 0.1) is 17.8 Å². The van der Waals surface area contributed by atoms with Gasteiger partial charge in [-0.25, -0.2) is 0 Å². The third-order valence-electron chi connectivity index (χ3n) is 8.95. The van der Waals surface area contributed by atoms with Crippen LogP contribution in [0.15, 0.2) is 55.6 Å². The first-order chi connectivity index (χ1) is 21.1. The Hall–Kier alpha value is -3.50. The van der Waals surface area contributed by atoms with E-state index in [4.69, 9.17) is 9.47 Å². The SMILES string of the molecule is C=CCCC(=O)NC[C@H](C)OC(=O)[C@@H]1[C@@H]2CC[C@]3(O2)[C@H](C(=O)N(CC=C)Cc2ccccc2)N([C@@H](CO)CC(C)C)C(=O)[C@@H]13. The quantitative estimate of drug-likeness (QED) is 0.218. The summed E-state index contributed by atoms with van der Waals surface area (Å²) in [5.74, 6) is -3.07. The van der Waals surface area contributed by atoms with Gasteiger partial charge in [0.25, 0.3) is 0 Å². The largest absolute Gasteiger partial charge is 0.460 e. The highest BCUT2D eigenvalue weighted by Crippen LogP contribution is 2.59. The van der Waals surface area contributed by atoms with Crippen molar-refractivity contribution in [1.29, 1.82) is 0 Å². The summed E-state index contributed by atoms with van der Waals surface area (Å²) < 4.78 is 12.3. The van der Waals surface area contributed by atoms with E-state index in [0.717, 1.165) is 5.56 Å². The van der Waals surface area contributed by atoms with Gasteiger partial charge in [-0.05, 0) is 44.1 Å². The van der Waals surface area contributed by atoms with Crippen LogP contribution in [0.1, 0.15) is 58.4 Å². The summed E-state index contributed by atoms with van der Waals surface area (Å²) in [5, 5.41) is 13.3. The number of hydrogen-bond acceptors (Lipinski definition) is 7. The number of nitrogens with one attached hydrogen (secondary N) is 1. The first-order valence-corrected chi connectivity index (χ1v) is 15.7. The van der Waals surface area contributed by atoms with Crippen LogP contribution in [0.4, 0.5) is 0 Å². The van der Waals surface area contributed by atoms with E-state index < -0.39 is 47.7 Å². The number of aliphatic hydroxyl groups is 1. The lowest BCUT2D eigenvalue weighted by Crippen LogP contribution is -2.58. The van der Waals surface area contributed by atoms with E-state index in [1.54, 1.807) is 24.0 Å². The smallest absolute Gasteiger partial charge is 0.312 e. The van der Waals surface area contributed by atoms with E-state index in [2.05, 4.69) is 18.5 Å². The summed E-state index contributed by atoms with van der Waals surface area (Å²) in [7, 11) is 0. The average Bonchev–Trinajstić information content (AvgIpc) is 3.65. The maximum atomic E-state index is 14.6. The van der Waals surface area contributed by atoms with Crippen molar-refractivity contribution in [2.75, 3.05) is 19.7 Å². The second-order valence-electron chi connectivity index (χ2n) is 12.6. The summed E-state index contributed by atoms with van der Waals surface area (Å²) in [6.07, 6.45) is 4.38. The maximum Gasteiger partial charge on any atom is 0.312 e. The molecule has 10 heteroatoms. The summed E-state index contributed by atoms with van der Waals surface area (Å²) in [4.78, 5) is 57.8. The minimum atomic E-state index is -1.22. The number of carbonyl (C=O) groups excluding carboxylic acids is 4. The molecule has 0 aliphatic carbocycles. The highest BCUT2D eigenvalue weighted by molar-refractivity contribution is 5.98. The van der Waals surface area contributed by atoms with Crippen molar-refractivity contribution in [3.05, 3.63) is 61.2 Å². The Morgan fingerprint density at radius 2 is 1.93 bits per heavy atom. The van der Waals surface area contributed by atoms with Crippen molar-refractivity contribution in [2.24, 2.45) is 17.8 Å². The highest BCUT2D eigenvalue weighted by Gasteiger charge is 2.75. The molecule has 0 unspecified atom stereocenters. The summed E-state index contributed by atoms with van der Waals surface area (Å²) >= 11 is 0. The normalized spacial score (nSPS) is 26.7. The van der Waals surface area contributed by atoms with Gasteiger partial charge < -0.3 is 29.7 Å². The number of allylic oxidation sites excluding steroid dienone is 1. The molecule has 1 aromatic carbocycles. The van der Waals surface area contributed by atoms with Crippen molar-refractivity contribution < 1.29 is 33.8 Å². The lowest BCUT2D eigenvalue weighted by atomic mass is 9.70. The molecule has 2 bridgehead atoms. The minimum absolute atomic E-state index is 0.133. The van der Waals surface area contributed by atoms with Crippen LogP contribution in [0.3, 0.4) is 0 Å². The molecule has 3 aliphatic heterocycles. The van der Waals surface area contributed by atoms with Crippen molar-refractivity contribution in [1.82, 2.24) is 15.1 Å². The van der Waals surface area contributed by atoms with E-state index >= 15 is 0 Å². The molecule has 2 N–H and O–H groups in total. The molecule has 44 heavy (non-hydrogen) atoms.